The van der Waals surface area contributed by atoms with E-state index in [4.69, 9.17) is 4.74 Å². The Hall–Kier alpha value is -0.110. The summed E-state index contributed by atoms with van der Waals surface area (Å²) in [6, 6.07) is 0. The van der Waals surface area contributed by atoms with Gasteiger partial charge in [0.25, 0.3) is 0 Å². The van der Waals surface area contributed by atoms with Gasteiger partial charge >= 0.3 is 0 Å². The SMILES string of the molecule is [CH]1CCC2(C=COC2)SC1. The molecule has 2 heterocycles. The van der Waals surface area contributed by atoms with Crippen LogP contribution in [0.3, 0.4) is 0 Å². The molecule has 1 fully saturated rings. The Balaban J connectivity index is 2.05. The van der Waals surface area contributed by atoms with Gasteiger partial charge in [0.1, 0.15) is 6.61 Å². The summed E-state index contributed by atoms with van der Waals surface area (Å²) < 4.78 is 5.58. The van der Waals surface area contributed by atoms with Gasteiger partial charge in [-0.3, -0.25) is 0 Å². The largest absolute Gasteiger partial charge is 0.500 e. The van der Waals surface area contributed by atoms with E-state index in [1.165, 1.54) is 18.6 Å². The summed E-state index contributed by atoms with van der Waals surface area (Å²) in [5.41, 5.74) is 0. The number of rotatable bonds is 0. The molecule has 10 heavy (non-hydrogen) atoms. The maximum Gasteiger partial charge on any atom is 0.106 e. The molecule has 0 aliphatic carbocycles. The lowest BCUT2D eigenvalue weighted by Crippen LogP contribution is -2.27. The van der Waals surface area contributed by atoms with Crippen molar-refractivity contribution >= 4 is 11.8 Å². The molecular formula is C8H11OS. The maximum absolute atomic E-state index is 5.22. The van der Waals surface area contributed by atoms with Gasteiger partial charge in [-0.15, -0.1) is 11.8 Å². The molecule has 2 aliphatic heterocycles. The topological polar surface area (TPSA) is 9.23 Å². The molecule has 1 radical (unpaired) electrons. The second-order valence-corrected chi connectivity index (χ2v) is 4.25. The average molecular weight is 155 g/mol. The smallest absolute Gasteiger partial charge is 0.106 e. The quantitative estimate of drug-likeness (QED) is 0.529. The lowest BCUT2D eigenvalue weighted by atomic mass is 10.0. The zero-order chi connectivity index (χ0) is 6.86. The van der Waals surface area contributed by atoms with E-state index in [0.29, 0.717) is 4.75 Å². The standard InChI is InChI=1S/C8H11OS/c1-2-6-10-8(3-1)4-5-9-7-8/h2,4-5H,1,3,6-7H2. The zero-order valence-corrected chi connectivity index (χ0v) is 6.69. The normalized spacial score (nSPS) is 38.4. The summed E-state index contributed by atoms with van der Waals surface area (Å²) in [5.74, 6) is 1.19. The lowest BCUT2D eigenvalue weighted by Gasteiger charge is -2.28. The van der Waals surface area contributed by atoms with Gasteiger partial charge in [-0.05, 0) is 31.1 Å². The first kappa shape index (κ1) is 6.59. The van der Waals surface area contributed by atoms with Crippen molar-refractivity contribution in [1.29, 1.82) is 0 Å². The van der Waals surface area contributed by atoms with Gasteiger partial charge in [-0.25, -0.2) is 0 Å². The van der Waals surface area contributed by atoms with Gasteiger partial charge in [-0.2, -0.15) is 0 Å². The molecule has 0 aromatic heterocycles. The van der Waals surface area contributed by atoms with Crippen LogP contribution in [-0.2, 0) is 4.74 Å². The third kappa shape index (κ3) is 1.05. The molecule has 1 unspecified atom stereocenters. The molecule has 0 bridgehead atoms. The van der Waals surface area contributed by atoms with Crippen LogP contribution in [-0.4, -0.2) is 17.1 Å². The van der Waals surface area contributed by atoms with Crippen LogP contribution in [0.4, 0.5) is 0 Å². The molecule has 2 rings (SSSR count). The summed E-state index contributed by atoms with van der Waals surface area (Å²) in [6.07, 6.45) is 8.92. The van der Waals surface area contributed by atoms with Crippen LogP contribution in [0.25, 0.3) is 0 Å². The highest BCUT2D eigenvalue weighted by Crippen LogP contribution is 2.39. The molecule has 0 aromatic carbocycles. The Bertz CT molecular complexity index is 147. The second kappa shape index (κ2) is 2.50. The van der Waals surface area contributed by atoms with Crippen molar-refractivity contribution in [2.24, 2.45) is 0 Å². The molecule has 0 amide bonds. The average Bonchev–Trinajstić information content (AvgIpc) is 2.39. The minimum atomic E-state index is 0.356. The van der Waals surface area contributed by atoms with E-state index in [-0.39, 0.29) is 0 Å². The highest BCUT2D eigenvalue weighted by atomic mass is 32.2. The molecule has 55 valence electrons. The fourth-order valence-electron chi connectivity index (χ4n) is 1.38. The van der Waals surface area contributed by atoms with Crippen LogP contribution in [0.15, 0.2) is 12.3 Å². The van der Waals surface area contributed by atoms with Crippen molar-refractivity contribution in [3.63, 3.8) is 0 Å². The first-order valence-corrected chi connectivity index (χ1v) is 4.65. The van der Waals surface area contributed by atoms with Gasteiger partial charge in [0.2, 0.25) is 0 Å². The summed E-state index contributed by atoms with van der Waals surface area (Å²) in [4.78, 5) is 0. The lowest BCUT2D eigenvalue weighted by molar-refractivity contribution is 0.255. The summed E-state index contributed by atoms with van der Waals surface area (Å²) in [7, 11) is 0. The predicted molar refractivity (Wildman–Crippen MR) is 43.8 cm³/mol. The van der Waals surface area contributed by atoms with Gasteiger partial charge in [-0.1, -0.05) is 0 Å². The third-order valence-electron chi connectivity index (χ3n) is 2.06. The Kier molecular flexibility index (Phi) is 1.65. The molecule has 1 spiro atoms. The number of hydrogen-bond donors (Lipinski definition) is 0. The van der Waals surface area contributed by atoms with Crippen LogP contribution < -0.4 is 0 Å². The fourth-order valence-corrected chi connectivity index (χ4v) is 2.56. The fraction of sp³-hybridized carbons (Fsp3) is 0.625. The highest BCUT2D eigenvalue weighted by Gasteiger charge is 2.33. The van der Waals surface area contributed by atoms with Gasteiger partial charge in [0, 0.05) is 0 Å². The van der Waals surface area contributed by atoms with E-state index in [1.54, 1.807) is 0 Å². The van der Waals surface area contributed by atoms with Crippen LogP contribution in [0.1, 0.15) is 12.8 Å². The van der Waals surface area contributed by atoms with E-state index in [2.05, 4.69) is 12.5 Å². The first-order chi connectivity index (χ1) is 4.91. The van der Waals surface area contributed by atoms with Crippen molar-refractivity contribution in [3.8, 4) is 0 Å². The minimum absolute atomic E-state index is 0.356. The number of thioether (sulfide) groups is 1. The van der Waals surface area contributed by atoms with Crippen molar-refractivity contribution in [1.82, 2.24) is 0 Å². The highest BCUT2D eigenvalue weighted by molar-refractivity contribution is 8.01. The number of ether oxygens (including phenoxy) is 1. The van der Waals surface area contributed by atoms with E-state index in [1.807, 2.05) is 18.0 Å². The zero-order valence-electron chi connectivity index (χ0n) is 5.88. The Labute approximate surface area is 65.8 Å². The Morgan fingerprint density at radius 2 is 2.50 bits per heavy atom. The third-order valence-corrected chi connectivity index (χ3v) is 3.49. The molecule has 2 aliphatic rings. The molecule has 1 atom stereocenters. The summed E-state index contributed by atoms with van der Waals surface area (Å²) >= 11 is 2.01. The first-order valence-electron chi connectivity index (χ1n) is 3.66. The van der Waals surface area contributed by atoms with E-state index in [0.717, 1.165) is 6.61 Å². The number of hydrogen-bond acceptors (Lipinski definition) is 2. The van der Waals surface area contributed by atoms with Gasteiger partial charge in [0.05, 0.1) is 11.0 Å². The maximum atomic E-state index is 5.22. The molecular weight excluding hydrogens is 144 g/mol. The van der Waals surface area contributed by atoms with Crippen LogP contribution >= 0.6 is 11.8 Å². The van der Waals surface area contributed by atoms with Crippen molar-refractivity contribution in [2.45, 2.75) is 17.6 Å². The molecule has 0 saturated carbocycles. The Morgan fingerprint density at radius 1 is 1.50 bits per heavy atom. The molecule has 1 saturated heterocycles. The molecule has 1 nitrogen and oxygen atoms in total. The molecule has 0 aromatic rings. The second-order valence-electron chi connectivity index (χ2n) is 2.82. The summed E-state index contributed by atoms with van der Waals surface area (Å²) in [5, 5.41) is 0. The van der Waals surface area contributed by atoms with E-state index in [9.17, 15) is 0 Å². The molecule has 2 heteroatoms. The van der Waals surface area contributed by atoms with E-state index < -0.39 is 0 Å². The van der Waals surface area contributed by atoms with Crippen LogP contribution in [0, 0.1) is 6.42 Å². The van der Waals surface area contributed by atoms with Crippen LogP contribution in [0.2, 0.25) is 0 Å². The van der Waals surface area contributed by atoms with E-state index >= 15 is 0 Å². The summed E-state index contributed by atoms with van der Waals surface area (Å²) in [6.45, 7) is 0.894. The van der Waals surface area contributed by atoms with Gasteiger partial charge in [0.15, 0.2) is 0 Å². The van der Waals surface area contributed by atoms with Crippen molar-refractivity contribution in [3.05, 3.63) is 18.8 Å². The van der Waals surface area contributed by atoms with Crippen LogP contribution in [0.5, 0.6) is 0 Å². The van der Waals surface area contributed by atoms with Crippen molar-refractivity contribution < 1.29 is 4.74 Å². The monoisotopic (exact) mass is 155 g/mol. The predicted octanol–water partition coefficient (Wildman–Crippen LogP) is 2.00. The van der Waals surface area contributed by atoms with Crippen molar-refractivity contribution in [2.75, 3.05) is 12.4 Å². The molecule has 0 N–H and O–H groups in total. The minimum Gasteiger partial charge on any atom is -0.500 e. The van der Waals surface area contributed by atoms with Gasteiger partial charge < -0.3 is 4.74 Å². The Morgan fingerprint density at radius 3 is 3.10 bits per heavy atom.